The third-order valence-electron chi connectivity index (χ3n) is 2.18. The van der Waals surface area contributed by atoms with Crippen LogP contribution in [0.15, 0.2) is 18.7 Å². The summed E-state index contributed by atoms with van der Waals surface area (Å²) in [4.78, 5) is 8.92. The van der Waals surface area contributed by atoms with E-state index in [-0.39, 0.29) is 0 Å². The minimum atomic E-state index is 0.366. The maximum absolute atomic E-state index is 4.50. The Morgan fingerprint density at radius 3 is 2.88 bits per heavy atom. The number of nitrogens with zero attached hydrogens (tertiary/aromatic N) is 2. The summed E-state index contributed by atoms with van der Waals surface area (Å²) in [6.45, 7) is 10.8. The van der Waals surface area contributed by atoms with Crippen molar-refractivity contribution in [2.24, 2.45) is 0 Å². The van der Waals surface area contributed by atoms with Gasteiger partial charge in [0.25, 0.3) is 0 Å². The van der Waals surface area contributed by atoms with Crippen molar-refractivity contribution in [3.8, 4) is 0 Å². The van der Waals surface area contributed by atoms with Crippen LogP contribution in [0.1, 0.15) is 31.3 Å². The summed E-state index contributed by atoms with van der Waals surface area (Å²) in [5.41, 5.74) is 1.02. The van der Waals surface area contributed by atoms with Crippen LogP contribution in [0.5, 0.6) is 0 Å². The average Bonchev–Trinajstić information content (AvgIpc) is 2.28. The fourth-order valence-corrected chi connectivity index (χ4v) is 1.94. The van der Waals surface area contributed by atoms with Gasteiger partial charge in [-0.05, 0) is 6.92 Å². The molecule has 0 aliphatic rings. The minimum absolute atomic E-state index is 0.366. The quantitative estimate of drug-likeness (QED) is 0.596. The molecule has 17 heavy (non-hydrogen) atoms. The summed E-state index contributed by atoms with van der Waals surface area (Å²) in [6.07, 6.45) is 1.93. The van der Waals surface area contributed by atoms with Crippen LogP contribution in [0.4, 0.5) is 5.82 Å². The fraction of sp³-hybridized carbons (Fsp3) is 0.538. The number of nitrogens with one attached hydrogen (secondary N) is 1. The molecule has 0 atom stereocenters. The normalized spacial score (nSPS) is 10.6. The summed E-state index contributed by atoms with van der Waals surface area (Å²) < 4.78 is 0. The molecule has 0 aromatic carbocycles. The van der Waals surface area contributed by atoms with Gasteiger partial charge < -0.3 is 5.32 Å². The minimum Gasteiger partial charge on any atom is -0.369 e. The number of aromatic nitrogens is 2. The molecular weight excluding hydrogens is 230 g/mol. The molecule has 3 nitrogen and oxygen atoms in total. The van der Waals surface area contributed by atoms with E-state index in [0.29, 0.717) is 5.92 Å². The molecule has 0 saturated carbocycles. The molecule has 0 aliphatic heterocycles. The number of aryl methyl sites for hydroxylation is 1. The highest BCUT2D eigenvalue weighted by molar-refractivity contribution is 7.99. The maximum atomic E-state index is 4.50. The Kier molecular flexibility index (Phi) is 6.05. The average molecular weight is 251 g/mol. The summed E-state index contributed by atoms with van der Waals surface area (Å²) in [5.74, 6) is 4.27. The van der Waals surface area contributed by atoms with Crippen molar-refractivity contribution in [3.05, 3.63) is 30.2 Å². The van der Waals surface area contributed by atoms with Crippen LogP contribution in [-0.2, 0) is 0 Å². The van der Waals surface area contributed by atoms with Crippen LogP contribution in [0.25, 0.3) is 0 Å². The highest BCUT2D eigenvalue weighted by Crippen LogP contribution is 2.13. The van der Waals surface area contributed by atoms with Gasteiger partial charge in [-0.2, -0.15) is 11.8 Å². The van der Waals surface area contributed by atoms with Gasteiger partial charge in [0.15, 0.2) is 0 Å². The van der Waals surface area contributed by atoms with E-state index in [1.165, 1.54) is 0 Å². The Hall–Kier alpha value is -1.03. The van der Waals surface area contributed by atoms with Gasteiger partial charge in [0.05, 0.1) is 0 Å². The highest BCUT2D eigenvalue weighted by Gasteiger charge is 2.05. The molecule has 0 radical (unpaired) electrons. The van der Waals surface area contributed by atoms with Gasteiger partial charge in [0, 0.05) is 35.7 Å². The molecule has 4 heteroatoms. The number of hydrogen-bond acceptors (Lipinski definition) is 4. The van der Waals surface area contributed by atoms with E-state index in [1.807, 2.05) is 30.8 Å². The van der Waals surface area contributed by atoms with Gasteiger partial charge in [0.2, 0.25) is 0 Å². The van der Waals surface area contributed by atoms with Gasteiger partial charge in [-0.15, -0.1) is 6.58 Å². The van der Waals surface area contributed by atoms with Gasteiger partial charge in [0.1, 0.15) is 11.6 Å². The second-order valence-corrected chi connectivity index (χ2v) is 5.35. The second kappa shape index (κ2) is 7.33. The van der Waals surface area contributed by atoms with E-state index < -0.39 is 0 Å². The third-order valence-corrected chi connectivity index (χ3v) is 3.14. The number of rotatable bonds is 7. The van der Waals surface area contributed by atoms with Crippen molar-refractivity contribution in [2.45, 2.75) is 26.7 Å². The Morgan fingerprint density at radius 1 is 1.47 bits per heavy atom. The van der Waals surface area contributed by atoms with Crippen molar-refractivity contribution >= 4 is 17.6 Å². The zero-order chi connectivity index (χ0) is 12.7. The Morgan fingerprint density at radius 2 is 2.24 bits per heavy atom. The first-order valence-electron chi connectivity index (χ1n) is 5.91. The van der Waals surface area contributed by atoms with Crippen LogP contribution in [0.2, 0.25) is 0 Å². The predicted molar refractivity (Wildman–Crippen MR) is 76.9 cm³/mol. The second-order valence-electron chi connectivity index (χ2n) is 4.20. The van der Waals surface area contributed by atoms with E-state index in [9.17, 15) is 0 Å². The van der Waals surface area contributed by atoms with Gasteiger partial charge in [-0.25, -0.2) is 9.97 Å². The molecule has 1 aromatic rings. The topological polar surface area (TPSA) is 37.8 Å². The maximum Gasteiger partial charge on any atom is 0.133 e. The number of anilines is 1. The molecular formula is C13H21N3S. The largest absolute Gasteiger partial charge is 0.369 e. The van der Waals surface area contributed by atoms with E-state index in [0.717, 1.165) is 35.4 Å². The lowest BCUT2D eigenvalue weighted by Crippen LogP contribution is -2.09. The molecule has 0 saturated heterocycles. The van der Waals surface area contributed by atoms with Gasteiger partial charge in [-0.1, -0.05) is 19.9 Å². The van der Waals surface area contributed by atoms with E-state index in [1.54, 1.807) is 0 Å². The monoisotopic (exact) mass is 251 g/mol. The number of hydrogen-bond donors (Lipinski definition) is 1. The van der Waals surface area contributed by atoms with E-state index in [2.05, 4.69) is 35.7 Å². The number of thioether (sulfide) groups is 1. The molecule has 1 N–H and O–H groups in total. The van der Waals surface area contributed by atoms with Gasteiger partial charge >= 0.3 is 0 Å². The lowest BCUT2D eigenvalue weighted by atomic mass is 10.2. The van der Waals surface area contributed by atoms with Crippen LogP contribution >= 0.6 is 11.8 Å². The first-order chi connectivity index (χ1) is 8.13. The van der Waals surface area contributed by atoms with Crippen molar-refractivity contribution in [2.75, 3.05) is 23.4 Å². The molecule has 0 unspecified atom stereocenters. The first-order valence-corrected chi connectivity index (χ1v) is 7.07. The molecule has 0 spiro atoms. The zero-order valence-corrected chi connectivity index (χ0v) is 11.7. The van der Waals surface area contributed by atoms with Crippen molar-refractivity contribution < 1.29 is 0 Å². The lowest BCUT2D eigenvalue weighted by molar-refractivity contribution is 0.767. The van der Waals surface area contributed by atoms with E-state index in [4.69, 9.17) is 0 Å². The zero-order valence-electron chi connectivity index (χ0n) is 10.9. The Labute approximate surface area is 108 Å². The Balaban J connectivity index is 2.50. The van der Waals surface area contributed by atoms with Crippen molar-refractivity contribution in [3.63, 3.8) is 0 Å². The van der Waals surface area contributed by atoms with Crippen LogP contribution in [0.3, 0.4) is 0 Å². The molecule has 0 aliphatic carbocycles. The van der Waals surface area contributed by atoms with Crippen LogP contribution in [0, 0.1) is 6.92 Å². The summed E-state index contributed by atoms with van der Waals surface area (Å²) in [7, 11) is 0. The SMILES string of the molecule is C=CCSCCNc1cc(C)nc(C(C)C)n1. The molecule has 1 rings (SSSR count). The summed E-state index contributed by atoms with van der Waals surface area (Å²) >= 11 is 1.86. The fourth-order valence-electron chi connectivity index (χ4n) is 1.36. The lowest BCUT2D eigenvalue weighted by Gasteiger charge is -2.09. The smallest absolute Gasteiger partial charge is 0.133 e. The third kappa shape index (κ3) is 5.22. The molecule has 1 heterocycles. The highest BCUT2D eigenvalue weighted by atomic mass is 32.2. The van der Waals surface area contributed by atoms with Crippen LogP contribution in [-0.4, -0.2) is 28.0 Å². The summed E-state index contributed by atoms with van der Waals surface area (Å²) in [5, 5.41) is 3.33. The molecule has 1 aromatic heterocycles. The first kappa shape index (κ1) is 14.0. The summed E-state index contributed by atoms with van der Waals surface area (Å²) in [6, 6.07) is 1.99. The van der Waals surface area contributed by atoms with Crippen molar-refractivity contribution in [1.82, 2.24) is 9.97 Å². The van der Waals surface area contributed by atoms with E-state index >= 15 is 0 Å². The Bertz CT molecular complexity index is 364. The van der Waals surface area contributed by atoms with Crippen molar-refractivity contribution in [1.29, 1.82) is 0 Å². The molecule has 0 amide bonds. The standard InChI is InChI=1S/C13H21N3S/c1-5-7-17-8-6-14-12-9-11(4)15-13(16-12)10(2)3/h5,9-10H,1,6-8H2,2-4H3,(H,14,15,16). The van der Waals surface area contributed by atoms with Crippen LogP contribution < -0.4 is 5.32 Å². The molecule has 0 fully saturated rings. The molecule has 0 bridgehead atoms. The van der Waals surface area contributed by atoms with Gasteiger partial charge in [-0.3, -0.25) is 0 Å². The predicted octanol–water partition coefficient (Wildman–Crippen LogP) is 3.24. The molecule has 94 valence electrons.